The summed E-state index contributed by atoms with van der Waals surface area (Å²) in [5, 5.41) is 0. The van der Waals surface area contributed by atoms with Gasteiger partial charge in [-0.05, 0) is 136 Å². The molecule has 9 aromatic rings. The predicted octanol–water partition coefficient (Wildman–Crippen LogP) is 17.8. The van der Waals surface area contributed by atoms with Crippen LogP contribution in [-0.2, 0) is 21.7 Å². The predicted molar refractivity (Wildman–Crippen MR) is 284 cm³/mol. The van der Waals surface area contributed by atoms with E-state index >= 15 is 0 Å². The van der Waals surface area contributed by atoms with E-state index in [1.807, 2.05) is 0 Å². The van der Waals surface area contributed by atoms with Crippen molar-refractivity contribution >= 4 is 17.1 Å². The number of fused-ring (bicyclic) bond motifs is 6. The van der Waals surface area contributed by atoms with Crippen LogP contribution in [0.1, 0.15) is 99.9 Å². The van der Waals surface area contributed by atoms with Gasteiger partial charge in [0.2, 0.25) is 0 Å². The van der Waals surface area contributed by atoms with Gasteiger partial charge in [0.25, 0.3) is 0 Å². The Bertz CT molecular complexity index is 3270. The van der Waals surface area contributed by atoms with Crippen LogP contribution >= 0.6 is 0 Å². The summed E-state index contributed by atoms with van der Waals surface area (Å²) in [7, 11) is 0. The van der Waals surface area contributed by atoms with Crippen molar-refractivity contribution < 1.29 is 0 Å². The first kappa shape index (κ1) is 42.4. The molecule has 1 heteroatoms. The fourth-order valence-electron chi connectivity index (χ4n) is 11.5. The topological polar surface area (TPSA) is 3.24 Å². The molecule has 0 atom stereocenters. The lowest BCUT2D eigenvalue weighted by Crippen LogP contribution is -2.30. The fourth-order valence-corrected chi connectivity index (χ4v) is 11.5. The minimum atomic E-state index is -0.589. The molecule has 67 heavy (non-hydrogen) atoms. The Hall–Kier alpha value is -7.22. The number of hydrogen-bond acceptors (Lipinski definition) is 1. The maximum atomic E-state index is 2.54. The van der Waals surface area contributed by atoms with Gasteiger partial charge in [0, 0.05) is 22.5 Å². The summed E-state index contributed by atoms with van der Waals surface area (Å²) in [4.78, 5) is 2.47. The number of benzene rings is 9. The molecule has 9 aromatic carbocycles. The van der Waals surface area contributed by atoms with E-state index in [2.05, 4.69) is 273 Å². The zero-order valence-electron chi connectivity index (χ0n) is 40.2. The molecule has 11 rings (SSSR count). The maximum Gasteiger partial charge on any atom is 0.0719 e. The summed E-state index contributed by atoms with van der Waals surface area (Å²) in [6, 6.07) is 80.0. The molecule has 0 saturated heterocycles. The van der Waals surface area contributed by atoms with E-state index in [4.69, 9.17) is 0 Å². The molecule has 2 aliphatic carbocycles. The average Bonchev–Trinajstić information content (AvgIpc) is 3.77. The number of anilines is 3. The molecular weight excluding hydrogens is 807 g/mol. The minimum absolute atomic E-state index is 0.0365. The van der Waals surface area contributed by atoms with Crippen molar-refractivity contribution in [1.82, 2.24) is 0 Å². The van der Waals surface area contributed by atoms with Crippen molar-refractivity contribution in [2.24, 2.45) is 0 Å². The standard InChI is InChI=1S/C66H59N/c1-63(2,3)49-33-37-56-60(42-49)66(47-24-14-10-15-25-47,48-26-16-11-17-27-48)62-53(39-40-58(61(56)62)64(4,5)6)46-23-20-28-51(41-46)67(50-34-31-45(32-35-50)44-21-12-9-13-22-44)52-36-38-55-54-29-18-19-30-57(54)65(7,8)59(55)43-52/h9-43H,1-8H3. The highest BCUT2D eigenvalue weighted by Gasteiger charge is 2.49. The average molecular weight is 866 g/mol. The zero-order chi connectivity index (χ0) is 46.3. The van der Waals surface area contributed by atoms with Gasteiger partial charge < -0.3 is 4.90 Å². The third kappa shape index (κ3) is 6.81. The second-order valence-electron chi connectivity index (χ2n) is 21.4. The Balaban J connectivity index is 1.17. The third-order valence-electron chi connectivity index (χ3n) is 14.8. The van der Waals surface area contributed by atoms with Crippen molar-refractivity contribution in [3.8, 4) is 44.5 Å². The largest absolute Gasteiger partial charge is 0.310 e. The van der Waals surface area contributed by atoms with E-state index in [0.29, 0.717) is 0 Å². The van der Waals surface area contributed by atoms with Gasteiger partial charge in [-0.25, -0.2) is 0 Å². The lowest BCUT2D eigenvalue weighted by molar-refractivity contribution is 0.588. The SMILES string of the molecule is CC(C)(C)c1ccc2c(c1)C(c1ccccc1)(c1ccccc1)c1c(-c3cccc(N(c4ccc(-c5ccccc5)cc4)c4ccc5c(c4)C(C)(C)c4ccccc4-5)c3)ccc(C(C)(C)C)c1-2. The van der Waals surface area contributed by atoms with E-state index in [9.17, 15) is 0 Å². The van der Waals surface area contributed by atoms with Gasteiger partial charge in [-0.15, -0.1) is 0 Å². The highest BCUT2D eigenvalue weighted by atomic mass is 15.1. The second kappa shape index (κ2) is 15.7. The smallest absolute Gasteiger partial charge is 0.0719 e. The molecule has 0 aromatic heterocycles. The summed E-state index contributed by atoms with van der Waals surface area (Å²) in [5.41, 5.74) is 23.4. The molecule has 0 saturated carbocycles. The van der Waals surface area contributed by atoms with Crippen molar-refractivity contribution in [2.75, 3.05) is 4.90 Å². The molecule has 1 nitrogen and oxygen atoms in total. The molecule has 0 fully saturated rings. The van der Waals surface area contributed by atoms with Gasteiger partial charge in [-0.3, -0.25) is 0 Å². The lowest BCUT2D eigenvalue weighted by Gasteiger charge is -2.37. The second-order valence-corrected chi connectivity index (χ2v) is 21.4. The van der Waals surface area contributed by atoms with Crippen LogP contribution in [0.15, 0.2) is 212 Å². The van der Waals surface area contributed by atoms with Crippen LogP contribution in [0, 0.1) is 0 Å². The van der Waals surface area contributed by atoms with Gasteiger partial charge in [-0.2, -0.15) is 0 Å². The van der Waals surface area contributed by atoms with E-state index in [1.165, 1.54) is 89.0 Å². The van der Waals surface area contributed by atoms with E-state index in [0.717, 1.165) is 17.1 Å². The zero-order valence-corrected chi connectivity index (χ0v) is 40.2. The molecule has 0 radical (unpaired) electrons. The normalized spacial score (nSPS) is 14.2. The maximum absolute atomic E-state index is 2.54. The first-order valence-electron chi connectivity index (χ1n) is 24.0. The summed E-state index contributed by atoms with van der Waals surface area (Å²) >= 11 is 0. The molecule has 0 unspecified atom stereocenters. The number of hydrogen-bond donors (Lipinski definition) is 0. The molecule has 0 heterocycles. The van der Waals surface area contributed by atoms with Crippen molar-refractivity contribution in [2.45, 2.75) is 77.0 Å². The van der Waals surface area contributed by atoms with Gasteiger partial charge >= 0.3 is 0 Å². The lowest BCUT2D eigenvalue weighted by atomic mass is 9.65. The number of nitrogens with zero attached hydrogens (tertiary/aromatic N) is 1. The molecule has 0 bridgehead atoms. The Morgan fingerprint density at radius 1 is 0.358 bits per heavy atom. The van der Waals surface area contributed by atoms with Crippen LogP contribution in [-0.4, -0.2) is 0 Å². The Morgan fingerprint density at radius 3 is 1.55 bits per heavy atom. The van der Waals surface area contributed by atoms with Crippen LogP contribution in [0.5, 0.6) is 0 Å². The summed E-state index contributed by atoms with van der Waals surface area (Å²) in [6.07, 6.45) is 0. The molecule has 0 aliphatic heterocycles. The summed E-state index contributed by atoms with van der Waals surface area (Å²) in [6.45, 7) is 18.9. The summed E-state index contributed by atoms with van der Waals surface area (Å²) < 4.78 is 0. The highest BCUT2D eigenvalue weighted by Crippen LogP contribution is 2.61. The van der Waals surface area contributed by atoms with Crippen LogP contribution < -0.4 is 4.90 Å². The van der Waals surface area contributed by atoms with E-state index < -0.39 is 5.41 Å². The Morgan fingerprint density at radius 2 is 0.896 bits per heavy atom. The van der Waals surface area contributed by atoms with Crippen LogP contribution in [0.3, 0.4) is 0 Å². The Kier molecular flexibility index (Phi) is 9.94. The van der Waals surface area contributed by atoms with E-state index in [1.54, 1.807) is 0 Å². The molecule has 0 amide bonds. The Labute approximate surface area is 398 Å². The van der Waals surface area contributed by atoms with Crippen LogP contribution in [0.25, 0.3) is 44.5 Å². The van der Waals surface area contributed by atoms with Gasteiger partial charge in [0.15, 0.2) is 0 Å². The van der Waals surface area contributed by atoms with Crippen LogP contribution in [0.4, 0.5) is 17.1 Å². The summed E-state index contributed by atoms with van der Waals surface area (Å²) in [5.74, 6) is 0. The highest BCUT2D eigenvalue weighted by molar-refractivity contribution is 5.96. The molecule has 0 spiro atoms. The molecule has 2 aliphatic rings. The van der Waals surface area contributed by atoms with Gasteiger partial charge in [0.1, 0.15) is 0 Å². The minimum Gasteiger partial charge on any atom is -0.310 e. The van der Waals surface area contributed by atoms with Gasteiger partial charge in [0.05, 0.1) is 5.41 Å². The molecular formula is C66H59N. The van der Waals surface area contributed by atoms with Gasteiger partial charge in [-0.1, -0.05) is 231 Å². The van der Waals surface area contributed by atoms with Crippen molar-refractivity contribution in [3.05, 3.63) is 257 Å². The van der Waals surface area contributed by atoms with Crippen molar-refractivity contribution in [3.63, 3.8) is 0 Å². The first-order valence-corrected chi connectivity index (χ1v) is 24.0. The molecule has 328 valence electrons. The van der Waals surface area contributed by atoms with Crippen molar-refractivity contribution in [1.29, 1.82) is 0 Å². The van der Waals surface area contributed by atoms with Crippen LogP contribution in [0.2, 0.25) is 0 Å². The monoisotopic (exact) mass is 865 g/mol. The van der Waals surface area contributed by atoms with E-state index in [-0.39, 0.29) is 16.2 Å². The fraction of sp³-hybridized carbons (Fsp3) is 0.182. The molecule has 0 N–H and O–H groups in total. The third-order valence-corrected chi connectivity index (χ3v) is 14.8. The quantitative estimate of drug-likeness (QED) is 0.154. The number of rotatable bonds is 7. The first-order chi connectivity index (χ1) is 32.3.